The summed E-state index contributed by atoms with van der Waals surface area (Å²) < 4.78 is 0. The number of aromatic nitrogens is 1. The molecule has 0 bridgehead atoms. The monoisotopic (exact) mass is 249 g/mol. The summed E-state index contributed by atoms with van der Waals surface area (Å²) >= 11 is 0. The summed E-state index contributed by atoms with van der Waals surface area (Å²) in [6.45, 7) is 3.97. The zero-order valence-electron chi connectivity index (χ0n) is 10.7. The molecule has 2 aliphatic carbocycles. The molecule has 2 aliphatic rings. The molecule has 0 unspecified atom stereocenters. The van der Waals surface area contributed by atoms with Crippen LogP contribution in [-0.4, -0.2) is 10.8 Å². The van der Waals surface area contributed by atoms with Gasteiger partial charge in [-0.25, -0.2) is 0 Å². The first-order valence-corrected chi connectivity index (χ1v) is 6.55. The molecule has 1 heterocycles. The maximum absolute atomic E-state index is 12.3. The molecule has 0 spiro atoms. The molecule has 2 nitrogen and oxygen atoms in total. The van der Waals surface area contributed by atoms with Crippen LogP contribution in [0.3, 0.4) is 0 Å². The highest BCUT2D eigenvalue weighted by molar-refractivity contribution is 6.18. The van der Waals surface area contributed by atoms with Crippen molar-refractivity contribution in [2.75, 3.05) is 0 Å². The molecule has 0 aromatic carbocycles. The number of fused-ring (bicyclic) bond motifs is 2. The molecule has 3 rings (SSSR count). The molecule has 1 aromatic rings. The summed E-state index contributed by atoms with van der Waals surface area (Å²) in [5, 5.41) is 0. The van der Waals surface area contributed by atoms with Crippen LogP contribution in [0.25, 0.3) is 5.57 Å². The van der Waals surface area contributed by atoms with Crippen molar-refractivity contribution in [3.05, 3.63) is 71.6 Å². The summed E-state index contributed by atoms with van der Waals surface area (Å²) in [4.78, 5) is 16.7. The summed E-state index contributed by atoms with van der Waals surface area (Å²) in [5.74, 6) is -0.00488. The Hall–Kier alpha value is -2.22. The summed E-state index contributed by atoms with van der Waals surface area (Å²) in [6, 6.07) is 3.65. The highest BCUT2D eigenvalue weighted by Crippen LogP contribution is 2.36. The molecule has 0 radical (unpaired) electrons. The van der Waals surface area contributed by atoms with Gasteiger partial charge in [0, 0.05) is 17.3 Å². The van der Waals surface area contributed by atoms with Crippen LogP contribution >= 0.6 is 0 Å². The zero-order chi connectivity index (χ0) is 13.2. The van der Waals surface area contributed by atoms with Crippen LogP contribution in [0.4, 0.5) is 0 Å². The molecule has 0 saturated heterocycles. The number of hydrogen-bond donors (Lipinski definition) is 0. The van der Waals surface area contributed by atoms with Gasteiger partial charge in [0.1, 0.15) is 0 Å². The van der Waals surface area contributed by atoms with E-state index in [9.17, 15) is 4.79 Å². The quantitative estimate of drug-likeness (QED) is 0.653. The molecule has 0 saturated carbocycles. The number of pyridine rings is 1. The highest BCUT2D eigenvalue weighted by Gasteiger charge is 2.27. The van der Waals surface area contributed by atoms with E-state index in [4.69, 9.17) is 0 Å². The Labute approximate surface area is 112 Å². The Balaban J connectivity index is 2.23. The first-order chi connectivity index (χ1) is 9.29. The Kier molecular flexibility index (Phi) is 3.00. The van der Waals surface area contributed by atoms with Crippen LogP contribution in [0.2, 0.25) is 0 Å². The van der Waals surface area contributed by atoms with E-state index in [-0.39, 0.29) is 5.78 Å². The van der Waals surface area contributed by atoms with Crippen LogP contribution in [0.1, 0.15) is 35.3 Å². The predicted molar refractivity (Wildman–Crippen MR) is 76.8 cm³/mol. The van der Waals surface area contributed by atoms with Crippen LogP contribution < -0.4 is 0 Å². The minimum atomic E-state index is -0.00488. The van der Waals surface area contributed by atoms with Crippen molar-refractivity contribution < 1.29 is 4.79 Å². The van der Waals surface area contributed by atoms with Crippen LogP contribution in [-0.2, 0) is 0 Å². The van der Waals surface area contributed by atoms with Crippen molar-refractivity contribution in [1.29, 1.82) is 0 Å². The SMILES string of the molecule is C=C1C(=O)c2cccnc2C2=C1/C=C\C=C/CCC2. The third kappa shape index (κ3) is 1.99. The van der Waals surface area contributed by atoms with Crippen molar-refractivity contribution in [2.24, 2.45) is 0 Å². The van der Waals surface area contributed by atoms with Crippen LogP contribution in [0.5, 0.6) is 0 Å². The van der Waals surface area contributed by atoms with Crippen molar-refractivity contribution >= 4 is 11.4 Å². The fraction of sp³-hybridized carbons (Fsp3) is 0.176. The van der Waals surface area contributed by atoms with E-state index in [0.29, 0.717) is 11.1 Å². The van der Waals surface area contributed by atoms with Crippen molar-refractivity contribution in [3.63, 3.8) is 0 Å². The van der Waals surface area contributed by atoms with Gasteiger partial charge < -0.3 is 0 Å². The molecule has 1 aromatic heterocycles. The molecule has 0 N–H and O–H groups in total. The minimum absolute atomic E-state index is 0.00488. The maximum Gasteiger partial charge on any atom is 0.195 e. The normalized spacial score (nSPS) is 21.9. The smallest absolute Gasteiger partial charge is 0.195 e. The molecular weight excluding hydrogens is 234 g/mol. The van der Waals surface area contributed by atoms with Crippen molar-refractivity contribution in [2.45, 2.75) is 19.3 Å². The predicted octanol–water partition coefficient (Wildman–Crippen LogP) is 3.88. The van der Waals surface area contributed by atoms with Crippen LogP contribution in [0, 0.1) is 0 Å². The molecule has 0 amide bonds. The van der Waals surface area contributed by atoms with E-state index in [1.807, 2.05) is 30.4 Å². The average molecular weight is 249 g/mol. The van der Waals surface area contributed by atoms with E-state index in [1.54, 1.807) is 6.20 Å². The van der Waals surface area contributed by atoms with Gasteiger partial charge in [0.05, 0.1) is 5.69 Å². The number of nitrogens with zero attached hydrogens (tertiary/aromatic N) is 1. The van der Waals surface area contributed by atoms with Gasteiger partial charge in [-0.1, -0.05) is 30.9 Å². The van der Waals surface area contributed by atoms with Gasteiger partial charge in [-0.15, -0.1) is 0 Å². The van der Waals surface area contributed by atoms with E-state index in [0.717, 1.165) is 36.1 Å². The number of carbonyl (C=O) groups excluding carboxylic acids is 1. The molecule has 94 valence electrons. The molecule has 2 heteroatoms. The minimum Gasteiger partial charge on any atom is -0.289 e. The van der Waals surface area contributed by atoms with Gasteiger partial charge in [0.15, 0.2) is 5.78 Å². The van der Waals surface area contributed by atoms with Gasteiger partial charge in [-0.05, 0) is 42.5 Å². The van der Waals surface area contributed by atoms with Gasteiger partial charge in [0.2, 0.25) is 0 Å². The molecular formula is C17H15NO. The number of allylic oxidation sites excluding steroid dienone is 7. The lowest BCUT2D eigenvalue weighted by atomic mass is 9.83. The molecule has 19 heavy (non-hydrogen) atoms. The van der Waals surface area contributed by atoms with Gasteiger partial charge >= 0.3 is 0 Å². The number of carbonyl (C=O) groups is 1. The standard InChI is InChI=1S/C17H15NO/c1-12-13-8-5-3-2-4-6-9-14(13)16-15(17(12)19)10-7-11-18-16/h2-3,5,7-8,10-11H,1,4,6,9H2/b3-2-,8-5-. The Morgan fingerprint density at radius 2 is 2.16 bits per heavy atom. The topological polar surface area (TPSA) is 30.0 Å². The van der Waals surface area contributed by atoms with E-state index in [2.05, 4.69) is 17.6 Å². The van der Waals surface area contributed by atoms with Crippen LogP contribution in [0.15, 0.2) is 60.4 Å². The van der Waals surface area contributed by atoms with E-state index < -0.39 is 0 Å². The Morgan fingerprint density at radius 3 is 3.05 bits per heavy atom. The summed E-state index contributed by atoms with van der Waals surface area (Å²) in [7, 11) is 0. The second-order valence-corrected chi connectivity index (χ2v) is 4.78. The highest BCUT2D eigenvalue weighted by atomic mass is 16.1. The number of Topliss-reactive ketones (excluding diaryl/α,β-unsaturated/α-hetero) is 1. The Bertz CT molecular complexity index is 647. The summed E-state index contributed by atoms with van der Waals surface area (Å²) in [6.07, 6.45) is 12.9. The fourth-order valence-corrected chi connectivity index (χ4v) is 2.60. The fourth-order valence-electron chi connectivity index (χ4n) is 2.60. The lowest BCUT2D eigenvalue weighted by Gasteiger charge is -2.21. The number of rotatable bonds is 0. The van der Waals surface area contributed by atoms with Gasteiger partial charge in [0.25, 0.3) is 0 Å². The first kappa shape index (κ1) is 11.8. The summed E-state index contributed by atoms with van der Waals surface area (Å²) in [5.41, 5.74) is 4.21. The van der Waals surface area contributed by atoms with Gasteiger partial charge in [-0.2, -0.15) is 0 Å². The number of hydrogen-bond acceptors (Lipinski definition) is 2. The van der Waals surface area contributed by atoms with Crippen molar-refractivity contribution in [1.82, 2.24) is 4.98 Å². The second kappa shape index (κ2) is 4.81. The zero-order valence-corrected chi connectivity index (χ0v) is 10.7. The third-order valence-electron chi connectivity index (χ3n) is 3.57. The van der Waals surface area contributed by atoms with E-state index >= 15 is 0 Å². The van der Waals surface area contributed by atoms with Gasteiger partial charge in [-0.3, -0.25) is 9.78 Å². The first-order valence-electron chi connectivity index (χ1n) is 6.55. The van der Waals surface area contributed by atoms with E-state index in [1.165, 1.54) is 0 Å². The maximum atomic E-state index is 12.3. The lowest BCUT2D eigenvalue weighted by molar-refractivity contribution is 0.103. The lowest BCUT2D eigenvalue weighted by Crippen LogP contribution is -2.15. The largest absolute Gasteiger partial charge is 0.289 e. The Morgan fingerprint density at radius 1 is 1.26 bits per heavy atom. The third-order valence-corrected chi connectivity index (χ3v) is 3.57. The van der Waals surface area contributed by atoms with Crippen molar-refractivity contribution in [3.8, 4) is 0 Å². The molecule has 0 aliphatic heterocycles. The average Bonchev–Trinajstić information content (AvgIpc) is 2.56. The number of ketones is 1. The molecule has 0 fully saturated rings. The molecule has 0 atom stereocenters. The second-order valence-electron chi connectivity index (χ2n) is 4.78.